The van der Waals surface area contributed by atoms with Crippen molar-refractivity contribution in [3.05, 3.63) is 63.7 Å². The minimum absolute atomic E-state index is 0.0754. The molecule has 1 unspecified atom stereocenters. The zero-order chi connectivity index (χ0) is 24.7. The third-order valence-corrected chi connectivity index (χ3v) is 7.14. The summed E-state index contributed by atoms with van der Waals surface area (Å²) in [7, 11) is 0. The highest BCUT2D eigenvalue weighted by molar-refractivity contribution is 6.32. The SMILES string of the molecule is CCC(C(=O)NC1CCCCC1)N(Cc1cccc(C)c1)C(=O)COc1cc(C)c(Cl)c(C)c1. The molecule has 0 aliphatic heterocycles. The molecule has 0 radical (unpaired) electrons. The molecule has 1 aliphatic carbocycles. The lowest BCUT2D eigenvalue weighted by molar-refractivity contribution is -0.143. The standard InChI is InChI=1S/C28H37ClN2O3/c1-5-25(28(33)30-23-12-7-6-8-13-23)31(17-22-11-9-10-19(2)14-22)26(32)18-34-24-15-20(3)27(29)21(4)16-24/h9-11,14-16,23,25H,5-8,12-13,17-18H2,1-4H3,(H,30,33). The summed E-state index contributed by atoms with van der Waals surface area (Å²) in [6.45, 7) is 8.03. The van der Waals surface area contributed by atoms with Crippen molar-refractivity contribution >= 4 is 23.4 Å². The molecule has 2 aromatic carbocycles. The van der Waals surface area contributed by atoms with Crippen LogP contribution >= 0.6 is 11.6 Å². The molecule has 0 saturated heterocycles. The number of nitrogens with one attached hydrogen (secondary N) is 1. The van der Waals surface area contributed by atoms with E-state index in [0.29, 0.717) is 23.7 Å². The van der Waals surface area contributed by atoms with Crippen molar-refractivity contribution in [2.75, 3.05) is 6.61 Å². The van der Waals surface area contributed by atoms with Crippen LogP contribution in [0.2, 0.25) is 5.02 Å². The Morgan fingerprint density at radius 3 is 2.38 bits per heavy atom. The molecule has 0 heterocycles. The number of carbonyl (C=O) groups is 2. The van der Waals surface area contributed by atoms with Gasteiger partial charge in [0.15, 0.2) is 6.61 Å². The average Bonchev–Trinajstić information content (AvgIpc) is 2.81. The van der Waals surface area contributed by atoms with E-state index in [9.17, 15) is 9.59 Å². The highest BCUT2D eigenvalue weighted by atomic mass is 35.5. The first-order valence-electron chi connectivity index (χ1n) is 12.3. The van der Waals surface area contributed by atoms with Gasteiger partial charge in [-0.25, -0.2) is 0 Å². The second-order valence-corrected chi connectivity index (χ2v) is 9.82. The molecular weight excluding hydrogens is 448 g/mol. The van der Waals surface area contributed by atoms with E-state index < -0.39 is 6.04 Å². The summed E-state index contributed by atoms with van der Waals surface area (Å²) in [6, 6.07) is 11.4. The van der Waals surface area contributed by atoms with Gasteiger partial charge in [0.05, 0.1) is 0 Å². The van der Waals surface area contributed by atoms with E-state index >= 15 is 0 Å². The monoisotopic (exact) mass is 484 g/mol. The Balaban J connectivity index is 1.78. The van der Waals surface area contributed by atoms with Gasteiger partial charge in [-0.3, -0.25) is 9.59 Å². The third-order valence-electron chi connectivity index (χ3n) is 6.55. The normalized spacial score (nSPS) is 15.0. The molecule has 0 spiro atoms. The summed E-state index contributed by atoms with van der Waals surface area (Å²) in [5.74, 6) is 0.314. The maximum absolute atomic E-state index is 13.4. The molecule has 0 bridgehead atoms. The Hall–Kier alpha value is -2.53. The molecule has 34 heavy (non-hydrogen) atoms. The maximum Gasteiger partial charge on any atom is 0.261 e. The van der Waals surface area contributed by atoms with E-state index in [1.807, 2.05) is 58.0 Å². The largest absolute Gasteiger partial charge is 0.484 e. The fourth-order valence-corrected chi connectivity index (χ4v) is 4.80. The van der Waals surface area contributed by atoms with Crippen molar-refractivity contribution in [1.29, 1.82) is 0 Å². The van der Waals surface area contributed by atoms with Gasteiger partial charge in [-0.2, -0.15) is 0 Å². The number of hydrogen-bond acceptors (Lipinski definition) is 3. The Labute approximate surface area is 208 Å². The Morgan fingerprint density at radius 1 is 1.09 bits per heavy atom. The van der Waals surface area contributed by atoms with Crippen LogP contribution in [0.4, 0.5) is 0 Å². The lowest BCUT2D eigenvalue weighted by atomic mass is 9.95. The van der Waals surface area contributed by atoms with Crippen molar-refractivity contribution in [3.8, 4) is 5.75 Å². The van der Waals surface area contributed by atoms with Crippen LogP contribution < -0.4 is 10.1 Å². The number of aryl methyl sites for hydroxylation is 3. The summed E-state index contributed by atoms with van der Waals surface area (Å²) in [4.78, 5) is 28.4. The minimum Gasteiger partial charge on any atom is -0.484 e. The topological polar surface area (TPSA) is 58.6 Å². The molecular formula is C28H37ClN2O3. The van der Waals surface area contributed by atoms with Gasteiger partial charge < -0.3 is 15.0 Å². The first kappa shape index (κ1) is 26.1. The van der Waals surface area contributed by atoms with E-state index in [0.717, 1.165) is 47.9 Å². The molecule has 184 valence electrons. The van der Waals surface area contributed by atoms with Crippen LogP contribution in [-0.2, 0) is 16.1 Å². The third kappa shape index (κ3) is 6.99. The smallest absolute Gasteiger partial charge is 0.261 e. The second kappa shape index (κ2) is 12.3. The second-order valence-electron chi connectivity index (χ2n) is 9.44. The van der Waals surface area contributed by atoms with Gasteiger partial charge in [-0.05, 0) is 68.9 Å². The summed E-state index contributed by atoms with van der Waals surface area (Å²) in [6.07, 6.45) is 6.06. The molecule has 3 rings (SSSR count). The summed E-state index contributed by atoms with van der Waals surface area (Å²) >= 11 is 6.27. The van der Waals surface area contributed by atoms with Gasteiger partial charge in [-0.15, -0.1) is 0 Å². The summed E-state index contributed by atoms with van der Waals surface area (Å²) < 4.78 is 5.87. The number of halogens is 1. The number of rotatable bonds is 9. The van der Waals surface area contributed by atoms with Gasteiger partial charge in [0.1, 0.15) is 11.8 Å². The summed E-state index contributed by atoms with van der Waals surface area (Å²) in [5.41, 5.74) is 3.92. The lowest BCUT2D eigenvalue weighted by Gasteiger charge is -2.32. The van der Waals surface area contributed by atoms with E-state index in [2.05, 4.69) is 11.4 Å². The number of amides is 2. The number of carbonyl (C=O) groups excluding carboxylic acids is 2. The maximum atomic E-state index is 13.4. The molecule has 1 N–H and O–H groups in total. The number of nitrogens with zero attached hydrogens (tertiary/aromatic N) is 1. The van der Waals surface area contributed by atoms with Crippen molar-refractivity contribution < 1.29 is 14.3 Å². The van der Waals surface area contributed by atoms with Crippen molar-refractivity contribution in [3.63, 3.8) is 0 Å². The van der Waals surface area contributed by atoms with E-state index in [1.54, 1.807) is 4.90 Å². The fourth-order valence-electron chi connectivity index (χ4n) is 4.69. The number of hydrogen-bond donors (Lipinski definition) is 1. The number of benzene rings is 2. The van der Waals surface area contributed by atoms with Crippen molar-refractivity contribution in [2.24, 2.45) is 0 Å². The van der Waals surface area contributed by atoms with Crippen LogP contribution in [0.1, 0.15) is 67.7 Å². The Morgan fingerprint density at radius 2 is 1.76 bits per heavy atom. The predicted molar refractivity (Wildman–Crippen MR) is 137 cm³/mol. The van der Waals surface area contributed by atoms with E-state index in [4.69, 9.17) is 16.3 Å². The minimum atomic E-state index is -0.549. The van der Waals surface area contributed by atoms with Crippen molar-refractivity contribution in [1.82, 2.24) is 10.2 Å². The van der Waals surface area contributed by atoms with E-state index in [1.165, 1.54) is 6.42 Å². The Kier molecular flexibility index (Phi) is 9.40. The average molecular weight is 485 g/mol. The van der Waals surface area contributed by atoms with Crippen LogP contribution in [-0.4, -0.2) is 35.4 Å². The number of ether oxygens (including phenoxy) is 1. The van der Waals surface area contributed by atoms with Gasteiger partial charge in [0.2, 0.25) is 5.91 Å². The van der Waals surface area contributed by atoms with Crippen molar-refractivity contribution in [2.45, 2.75) is 84.8 Å². The first-order valence-corrected chi connectivity index (χ1v) is 12.7. The van der Waals surface area contributed by atoms with Crippen LogP contribution in [0.25, 0.3) is 0 Å². The molecule has 0 aromatic heterocycles. The van der Waals surface area contributed by atoms with Crippen LogP contribution in [0.3, 0.4) is 0 Å². The zero-order valence-electron chi connectivity index (χ0n) is 20.8. The molecule has 1 atom stereocenters. The molecule has 1 aliphatic rings. The Bertz CT molecular complexity index is 978. The van der Waals surface area contributed by atoms with Gasteiger partial charge in [0, 0.05) is 17.6 Å². The molecule has 5 nitrogen and oxygen atoms in total. The van der Waals surface area contributed by atoms with Crippen LogP contribution in [0.15, 0.2) is 36.4 Å². The molecule has 1 fully saturated rings. The van der Waals surface area contributed by atoms with Gasteiger partial charge >= 0.3 is 0 Å². The molecule has 6 heteroatoms. The predicted octanol–water partition coefficient (Wildman–Crippen LogP) is 5.90. The van der Waals surface area contributed by atoms with Gasteiger partial charge in [-0.1, -0.05) is 67.6 Å². The summed E-state index contributed by atoms with van der Waals surface area (Å²) in [5, 5.41) is 3.91. The van der Waals surface area contributed by atoms with E-state index in [-0.39, 0.29) is 24.5 Å². The molecule has 1 saturated carbocycles. The highest BCUT2D eigenvalue weighted by Crippen LogP contribution is 2.26. The molecule has 2 aromatic rings. The molecule has 2 amide bonds. The quantitative estimate of drug-likeness (QED) is 0.482. The highest BCUT2D eigenvalue weighted by Gasteiger charge is 2.30. The first-order chi connectivity index (χ1) is 16.3. The fraction of sp³-hybridized carbons (Fsp3) is 0.500. The van der Waals surface area contributed by atoms with Crippen LogP contribution in [0, 0.1) is 20.8 Å². The van der Waals surface area contributed by atoms with Crippen LogP contribution in [0.5, 0.6) is 5.75 Å². The lowest BCUT2D eigenvalue weighted by Crippen LogP contribution is -2.52. The zero-order valence-corrected chi connectivity index (χ0v) is 21.6. The van der Waals surface area contributed by atoms with Gasteiger partial charge in [0.25, 0.3) is 5.91 Å².